The lowest BCUT2D eigenvalue weighted by molar-refractivity contribution is -0.0370. The van der Waals surface area contributed by atoms with E-state index in [2.05, 4.69) is 42.7 Å². The van der Waals surface area contributed by atoms with Gasteiger partial charge in [0.1, 0.15) is 57.3 Å². The van der Waals surface area contributed by atoms with Crippen LogP contribution in [0.3, 0.4) is 0 Å². The third-order valence-corrected chi connectivity index (χ3v) is 8.86. The molecule has 6 heterocycles. The summed E-state index contributed by atoms with van der Waals surface area (Å²) in [7, 11) is 14.6. The summed E-state index contributed by atoms with van der Waals surface area (Å²) in [4.78, 5) is 8.45. The fourth-order valence-corrected chi connectivity index (χ4v) is 6.17. The highest BCUT2D eigenvalue weighted by Gasteiger charge is 2.28. The van der Waals surface area contributed by atoms with E-state index in [4.69, 9.17) is 40.4 Å². The van der Waals surface area contributed by atoms with Gasteiger partial charge in [-0.05, 0) is 60.4 Å². The first-order valence-electron chi connectivity index (χ1n) is 16.2. The van der Waals surface area contributed by atoms with Crippen molar-refractivity contribution in [3.8, 4) is 23.8 Å². The molecule has 2 aliphatic heterocycles. The molecule has 13 nitrogen and oxygen atoms in total. The number of methoxy groups -OCH3 is 2. The number of halogens is 2. The Morgan fingerprint density at radius 2 is 1.38 bits per heavy atom. The van der Waals surface area contributed by atoms with Gasteiger partial charge in [0.2, 0.25) is 12.6 Å². The number of nitrogens with zero attached hydrogens (tertiary/aromatic N) is 8. The molecule has 4 radical (unpaired) electrons. The summed E-state index contributed by atoms with van der Waals surface area (Å²) in [5, 5.41) is 16.3. The predicted molar refractivity (Wildman–Crippen MR) is 197 cm³/mol. The number of nitrogens with two attached hydrogens (primary N) is 1. The van der Waals surface area contributed by atoms with E-state index in [1.54, 1.807) is 67.1 Å². The minimum absolute atomic E-state index is 0.189. The van der Waals surface area contributed by atoms with E-state index in [1.807, 2.05) is 6.26 Å². The van der Waals surface area contributed by atoms with Crippen molar-refractivity contribution in [2.45, 2.75) is 56.9 Å². The molecule has 0 saturated carbocycles. The molecule has 6 aromatic rings. The number of ether oxygens (including phenoxy) is 4. The van der Waals surface area contributed by atoms with Crippen LogP contribution in [0.4, 0.5) is 8.78 Å². The standard InChI is InChI=1S/C16H14BFN4O2.C10H12FNO2.C6H5BN4S.C3H4/c1-23-15-6-10-9(12(18)3-4-13(10)24-15)2-5-14-19-7-11(17)16-21-20-8-22(14)16;1-13-10-4-6-7(5-12)8(11)2-3-9(6)14-10;1-12-6-8-2-4(7)5-10-9-3-11(5)6;1-3-2/h3-4,7-8,15H,2,5-6H2,1H3;2-3,10H,4-5,12H2,1H3;2-3H,1H3;1H,2H3. The quantitative estimate of drug-likeness (QED) is 0.111. The second-order valence-corrected chi connectivity index (χ2v) is 12.1. The molecule has 0 amide bonds. The molecule has 4 aromatic heterocycles. The van der Waals surface area contributed by atoms with Gasteiger partial charge in [0.05, 0.1) is 0 Å². The van der Waals surface area contributed by atoms with Gasteiger partial charge in [-0.25, -0.2) is 18.7 Å². The van der Waals surface area contributed by atoms with Crippen LogP contribution in [0.5, 0.6) is 11.5 Å². The van der Waals surface area contributed by atoms with Crippen molar-refractivity contribution in [1.29, 1.82) is 0 Å². The zero-order chi connectivity index (χ0) is 38.1. The highest BCUT2D eigenvalue weighted by Crippen LogP contribution is 2.34. The zero-order valence-corrected chi connectivity index (χ0v) is 30.3. The van der Waals surface area contributed by atoms with E-state index >= 15 is 0 Å². The van der Waals surface area contributed by atoms with Crippen molar-refractivity contribution < 1.29 is 27.7 Å². The number of rotatable bonds is 7. The van der Waals surface area contributed by atoms with Crippen LogP contribution in [0, 0.1) is 24.0 Å². The van der Waals surface area contributed by atoms with Crippen LogP contribution < -0.4 is 26.1 Å². The van der Waals surface area contributed by atoms with Gasteiger partial charge in [-0.3, -0.25) is 8.80 Å². The van der Waals surface area contributed by atoms with Crippen LogP contribution in [0.25, 0.3) is 11.3 Å². The molecule has 2 N–H and O–H groups in total. The lowest BCUT2D eigenvalue weighted by Crippen LogP contribution is -2.15. The molecule has 0 spiro atoms. The van der Waals surface area contributed by atoms with E-state index in [1.165, 1.54) is 23.9 Å². The van der Waals surface area contributed by atoms with E-state index in [0.29, 0.717) is 70.5 Å². The van der Waals surface area contributed by atoms with Crippen molar-refractivity contribution >= 4 is 49.7 Å². The summed E-state index contributed by atoms with van der Waals surface area (Å²) in [5.41, 5.74) is 10.5. The Morgan fingerprint density at radius 1 is 0.868 bits per heavy atom. The fourth-order valence-electron chi connectivity index (χ4n) is 5.68. The number of thioether (sulfide) groups is 1. The van der Waals surface area contributed by atoms with Crippen LogP contribution >= 0.6 is 11.8 Å². The van der Waals surface area contributed by atoms with Crippen molar-refractivity contribution in [2.24, 2.45) is 5.73 Å². The van der Waals surface area contributed by atoms with Crippen molar-refractivity contribution in [2.75, 3.05) is 20.5 Å². The molecule has 2 atom stereocenters. The molecule has 270 valence electrons. The Balaban J connectivity index is 0.000000159. The molecule has 53 heavy (non-hydrogen) atoms. The third kappa shape index (κ3) is 8.77. The summed E-state index contributed by atoms with van der Waals surface area (Å²) in [6.45, 7) is 1.84. The van der Waals surface area contributed by atoms with E-state index in [9.17, 15) is 8.78 Å². The van der Waals surface area contributed by atoms with E-state index in [0.717, 1.165) is 22.1 Å². The van der Waals surface area contributed by atoms with E-state index < -0.39 is 0 Å². The Bertz CT molecular complexity index is 2230. The number of terminal acetylenes is 1. The molecular weight excluding hydrogens is 702 g/mol. The Kier molecular flexibility index (Phi) is 13.4. The Morgan fingerprint density at radius 3 is 1.92 bits per heavy atom. The van der Waals surface area contributed by atoms with Crippen molar-refractivity contribution in [1.82, 2.24) is 39.2 Å². The van der Waals surface area contributed by atoms with Gasteiger partial charge in [-0.1, -0.05) is 11.8 Å². The highest BCUT2D eigenvalue weighted by molar-refractivity contribution is 7.98. The Hall–Kier alpha value is -5.08. The van der Waals surface area contributed by atoms with Crippen LogP contribution in [0.15, 0.2) is 54.5 Å². The number of fused-ring (bicyclic) bond motifs is 4. The molecular formula is C35H35B2F2N9O4S. The second-order valence-electron chi connectivity index (χ2n) is 11.4. The number of hydrogen-bond donors (Lipinski definition) is 1. The fraction of sp³-hybridized carbons (Fsp3) is 0.314. The molecule has 2 aromatic carbocycles. The largest absolute Gasteiger partial charge is 0.464 e. The second kappa shape index (κ2) is 18.1. The number of hydrogen-bond acceptors (Lipinski definition) is 12. The summed E-state index contributed by atoms with van der Waals surface area (Å²) in [6.07, 6.45) is 14.3. The minimum Gasteiger partial charge on any atom is -0.464 e. The van der Waals surface area contributed by atoms with Gasteiger partial charge in [-0.2, -0.15) is 0 Å². The van der Waals surface area contributed by atoms with Crippen molar-refractivity contribution in [3.05, 3.63) is 89.0 Å². The van der Waals surface area contributed by atoms with Crippen molar-refractivity contribution in [3.63, 3.8) is 0 Å². The van der Waals surface area contributed by atoms with Gasteiger partial charge in [0.25, 0.3) is 0 Å². The molecule has 18 heteroatoms. The average Bonchev–Trinajstić information content (AvgIpc) is 3.99. The summed E-state index contributed by atoms with van der Waals surface area (Å²) >= 11 is 1.53. The number of benzene rings is 2. The molecule has 2 aliphatic rings. The maximum absolute atomic E-state index is 14.3. The summed E-state index contributed by atoms with van der Waals surface area (Å²) in [6, 6.07) is 6.06. The topological polar surface area (TPSA) is 149 Å². The molecule has 0 saturated heterocycles. The predicted octanol–water partition coefficient (Wildman–Crippen LogP) is 2.22. The van der Waals surface area contributed by atoms with Crippen LogP contribution in [-0.4, -0.2) is 87.9 Å². The first-order valence-corrected chi connectivity index (χ1v) is 17.4. The smallest absolute Gasteiger partial charge is 0.203 e. The van der Waals surface area contributed by atoms with Crippen LogP contribution in [0.2, 0.25) is 0 Å². The maximum atomic E-state index is 14.3. The van der Waals surface area contributed by atoms with Crippen LogP contribution in [-0.2, 0) is 41.7 Å². The van der Waals surface area contributed by atoms with Gasteiger partial charge in [0, 0.05) is 69.1 Å². The molecule has 8 rings (SSSR count). The molecule has 0 fully saturated rings. The summed E-state index contributed by atoms with van der Waals surface area (Å²) in [5.74, 6) is 3.82. The maximum Gasteiger partial charge on any atom is 0.203 e. The number of aryl methyl sites for hydroxylation is 1. The zero-order valence-electron chi connectivity index (χ0n) is 29.5. The minimum atomic E-state index is -0.361. The Labute approximate surface area is 311 Å². The molecule has 0 aliphatic carbocycles. The highest BCUT2D eigenvalue weighted by atomic mass is 32.2. The monoisotopic (exact) mass is 737 g/mol. The number of aromatic nitrogens is 8. The average molecular weight is 737 g/mol. The lowest BCUT2D eigenvalue weighted by Gasteiger charge is -2.09. The first kappa shape index (κ1) is 39.1. The van der Waals surface area contributed by atoms with E-state index in [-0.39, 0.29) is 30.8 Å². The van der Waals surface area contributed by atoms with Gasteiger partial charge < -0.3 is 24.7 Å². The van der Waals surface area contributed by atoms with Gasteiger partial charge in [-0.15, -0.1) is 32.7 Å². The van der Waals surface area contributed by atoms with Gasteiger partial charge >= 0.3 is 0 Å². The normalized spacial score (nSPS) is 15.1. The van der Waals surface area contributed by atoms with Crippen LogP contribution in [0.1, 0.15) is 35.0 Å². The first-order chi connectivity index (χ1) is 25.7. The molecule has 0 bridgehead atoms. The third-order valence-electron chi connectivity index (χ3n) is 8.19. The summed E-state index contributed by atoms with van der Waals surface area (Å²) < 4.78 is 52.4. The molecule has 2 unspecified atom stereocenters. The SMILES string of the molecule is C#CC.COC1Cc2c(ccc(F)c2CN)O1.[B]c1cnc(CCc2c(F)ccc3c2CC(OC)O3)n2cnnc12.[B]c1cnc(SC)n2cnnc12. The lowest BCUT2D eigenvalue weighted by atomic mass is 9.98. The van der Waals surface area contributed by atoms with Gasteiger partial charge in [0.15, 0.2) is 16.5 Å².